The first kappa shape index (κ1) is 14.0. The van der Waals surface area contributed by atoms with Crippen LogP contribution >= 0.6 is 0 Å². The summed E-state index contributed by atoms with van der Waals surface area (Å²) in [5, 5.41) is 8.73. The fourth-order valence-corrected chi connectivity index (χ4v) is 2.57. The number of H-pyrrole nitrogens is 1. The molecule has 1 aromatic heterocycles. The molecule has 0 aliphatic heterocycles. The summed E-state index contributed by atoms with van der Waals surface area (Å²) in [6.07, 6.45) is 1.10. The molecule has 1 heterocycles. The van der Waals surface area contributed by atoms with Crippen LogP contribution in [0.25, 0.3) is 0 Å². The topological polar surface area (TPSA) is 112 Å². The number of sulfonamides is 1. The van der Waals surface area contributed by atoms with Crippen molar-refractivity contribution in [3.63, 3.8) is 0 Å². The summed E-state index contributed by atoms with van der Waals surface area (Å²) in [5.74, 6) is -1.83. The van der Waals surface area contributed by atoms with E-state index in [0.717, 1.165) is 24.4 Å². The van der Waals surface area contributed by atoms with Crippen LogP contribution in [-0.4, -0.2) is 29.5 Å². The van der Waals surface area contributed by atoms with Gasteiger partial charge in [-0.3, -0.25) is 4.72 Å². The first-order chi connectivity index (χ1) is 9.29. The van der Waals surface area contributed by atoms with Crippen molar-refractivity contribution in [1.29, 1.82) is 0 Å². The average molecular weight is 299 g/mol. The monoisotopic (exact) mass is 299 g/mol. The van der Waals surface area contributed by atoms with E-state index in [-0.39, 0.29) is 10.7 Å². The maximum Gasteiger partial charge on any atom is 0.337 e. The number of halogens is 1. The van der Waals surface area contributed by atoms with E-state index in [4.69, 9.17) is 5.11 Å². The maximum atomic E-state index is 13.0. The summed E-state index contributed by atoms with van der Waals surface area (Å²) in [6, 6.07) is 2.74. The Bertz CT molecular complexity index is 770. The van der Waals surface area contributed by atoms with Crippen molar-refractivity contribution in [1.82, 2.24) is 9.97 Å². The van der Waals surface area contributed by atoms with Crippen molar-refractivity contribution >= 4 is 21.7 Å². The molecular formula is C11H10FN3O4S. The number of aromatic amines is 1. The second-order valence-corrected chi connectivity index (χ2v) is 5.58. The molecule has 2 rings (SSSR count). The van der Waals surface area contributed by atoms with E-state index in [0.29, 0.717) is 5.82 Å². The minimum absolute atomic E-state index is 0.212. The molecule has 3 N–H and O–H groups in total. The van der Waals surface area contributed by atoms with Gasteiger partial charge in [0.15, 0.2) is 5.03 Å². The van der Waals surface area contributed by atoms with E-state index in [2.05, 4.69) is 14.7 Å². The molecule has 0 saturated heterocycles. The number of hydrogen-bond donors (Lipinski definition) is 3. The van der Waals surface area contributed by atoms with Crippen LogP contribution in [0.2, 0.25) is 0 Å². The second-order valence-electron chi connectivity index (χ2n) is 3.93. The number of carboxylic acids is 1. The predicted molar refractivity (Wildman–Crippen MR) is 67.5 cm³/mol. The van der Waals surface area contributed by atoms with E-state index in [1.54, 1.807) is 6.92 Å². The quantitative estimate of drug-likeness (QED) is 0.789. The summed E-state index contributed by atoms with van der Waals surface area (Å²) in [7, 11) is -4.02. The molecule has 0 spiro atoms. The molecule has 9 heteroatoms. The highest BCUT2D eigenvalue weighted by molar-refractivity contribution is 7.92. The van der Waals surface area contributed by atoms with E-state index in [1.807, 2.05) is 0 Å². The van der Waals surface area contributed by atoms with Crippen molar-refractivity contribution in [2.75, 3.05) is 4.72 Å². The number of carbonyl (C=O) groups is 1. The van der Waals surface area contributed by atoms with Gasteiger partial charge < -0.3 is 10.1 Å². The molecule has 0 amide bonds. The summed E-state index contributed by atoms with van der Waals surface area (Å²) in [4.78, 5) is 17.2. The Morgan fingerprint density at radius 3 is 2.70 bits per heavy atom. The van der Waals surface area contributed by atoms with E-state index < -0.39 is 27.4 Å². The molecule has 0 saturated carbocycles. The molecule has 0 unspecified atom stereocenters. The minimum atomic E-state index is -4.02. The summed E-state index contributed by atoms with van der Waals surface area (Å²) in [6.45, 7) is 1.57. The van der Waals surface area contributed by atoms with Gasteiger partial charge in [0.1, 0.15) is 11.6 Å². The Morgan fingerprint density at radius 2 is 2.15 bits per heavy atom. The van der Waals surface area contributed by atoms with Gasteiger partial charge >= 0.3 is 5.97 Å². The third-order valence-electron chi connectivity index (χ3n) is 2.43. The number of hydrogen-bond acceptors (Lipinski definition) is 4. The van der Waals surface area contributed by atoms with Crippen LogP contribution in [0.15, 0.2) is 29.4 Å². The van der Waals surface area contributed by atoms with Crippen LogP contribution in [-0.2, 0) is 10.0 Å². The number of carboxylic acid groups (broad SMARTS) is 1. The average Bonchev–Trinajstić information content (AvgIpc) is 2.78. The van der Waals surface area contributed by atoms with Crippen molar-refractivity contribution in [3.8, 4) is 0 Å². The molecule has 7 nitrogen and oxygen atoms in total. The summed E-state index contributed by atoms with van der Waals surface area (Å²) in [5.41, 5.74) is -0.712. The van der Waals surface area contributed by atoms with Gasteiger partial charge in [-0.2, -0.15) is 8.42 Å². The van der Waals surface area contributed by atoms with Crippen LogP contribution in [0.5, 0.6) is 0 Å². The second kappa shape index (κ2) is 4.93. The molecule has 2 aromatic rings. The third kappa shape index (κ3) is 2.77. The zero-order valence-corrected chi connectivity index (χ0v) is 11.0. The molecule has 0 aliphatic rings. The van der Waals surface area contributed by atoms with E-state index >= 15 is 0 Å². The number of imidazole rings is 1. The fraction of sp³-hybridized carbons (Fsp3) is 0.0909. The van der Waals surface area contributed by atoms with Gasteiger partial charge in [0.25, 0.3) is 10.0 Å². The lowest BCUT2D eigenvalue weighted by atomic mass is 10.2. The smallest absolute Gasteiger partial charge is 0.337 e. The van der Waals surface area contributed by atoms with E-state index in [1.165, 1.54) is 0 Å². The van der Waals surface area contributed by atoms with Crippen LogP contribution in [0.3, 0.4) is 0 Å². The van der Waals surface area contributed by atoms with Gasteiger partial charge in [0.2, 0.25) is 0 Å². The SMILES string of the molecule is Cc1ncc(S(=O)(=O)Nc2ccc(F)cc2C(=O)O)[nH]1. The molecule has 0 fully saturated rings. The van der Waals surface area contributed by atoms with Crippen LogP contribution < -0.4 is 4.72 Å². The Balaban J connectivity index is 2.42. The van der Waals surface area contributed by atoms with Gasteiger partial charge in [-0.25, -0.2) is 14.2 Å². The first-order valence-electron chi connectivity index (χ1n) is 5.37. The zero-order chi connectivity index (χ0) is 14.9. The van der Waals surface area contributed by atoms with Crippen molar-refractivity contribution in [2.24, 2.45) is 0 Å². The lowest BCUT2D eigenvalue weighted by Gasteiger charge is -2.09. The standard InChI is InChI=1S/C11H10FN3O4S/c1-6-13-5-10(14-6)20(18,19)15-9-3-2-7(12)4-8(9)11(16)17/h2-5,15H,1H3,(H,13,14)(H,16,17). The molecule has 106 valence electrons. The number of anilines is 1. The lowest BCUT2D eigenvalue weighted by molar-refractivity contribution is 0.0697. The third-order valence-corrected chi connectivity index (χ3v) is 3.70. The fourth-order valence-electron chi connectivity index (χ4n) is 1.52. The summed E-state index contributed by atoms with van der Waals surface area (Å²) < 4.78 is 39.1. The maximum absolute atomic E-state index is 13.0. The van der Waals surface area contributed by atoms with Gasteiger partial charge in [-0.1, -0.05) is 0 Å². The molecule has 20 heavy (non-hydrogen) atoms. The summed E-state index contributed by atoms with van der Waals surface area (Å²) >= 11 is 0. The van der Waals surface area contributed by atoms with Crippen molar-refractivity contribution in [3.05, 3.63) is 41.6 Å². The van der Waals surface area contributed by atoms with Crippen molar-refractivity contribution in [2.45, 2.75) is 11.9 Å². The van der Waals surface area contributed by atoms with Crippen molar-refractivity contribution < 1.29 is 22.7 Å². The molecule has 0 aliphatic carbocycles. The number of nitrogens with zero attached hydrogens (tertiary/aromatic N) is 1. The van der Waals surface area contributed by atoms with E-state index in [9.17, 15) is 17.6 Å². The highest BCUT2D eigenvalue weighted by Crippen LogP contribution is 2.20. The molecular weight excluding hydrogens is 289 g/mol. The molecule has 1 aromatic carbocycles. The number of aryl methyl sites for hydroxylation is 1. The highest BCUT2D eigenvalue weighted by Gasteiger charge is 2.20. The Kier molecular flexibility index (Phi) is 3.45. The number of rotatable bonds is 4. The largest absolute Gasteiger partial charge is 0.478 e. The Hall–Kier alpha value is -2.42. The van der Waals surface area contributed by atoms with Gasteiger partial charge in [0.05, 0.1) is 17.4 Å². The molecule has 0 radical (unpaired) electrons. The van der Waals surface area contributed by atoms with Gasteiger partial charge in [-0.15, -0.1) is 0 Å². The van der Waals surface area contributed by atoms with Gasteiger partial charge in [0, 0.05) is 0 Å². The zero-order valence-electron chi connectivity index (χ0n) is 10.2. The Morgan fingerprint density at radius 1 is 1.45 bits per heavy atom. The Labute approximate surface area is 113 Å². The molecule has 0 bridgehead atoms. The normalized spacial score (nSPS) is 11.3. The first-order valence-corrected chi connectivity index (χ1v) is 6.85. The highest BCUT2D eigenvalue weighted by atomic mass is 32.2. The van der Waals surface area contributed by atoms with Crippen LogP contribution in [0.1, 0.15) is 16.2 Å². The van der Waals surface area contributed by atoms with Gasteiger partial charge in [-0.05, 0) is 25.1 Å². The van der Waals surface area contributed by atoms with Crippen LogP contribution in [0.4, 0.5) is 10.1 Å². The number of aromatic nitrogens is 2. The minimum Gasteiger partial charge on any atom is -0.478 e. The van der Waals surface area contributed by atoms with Crippen LogP contribution in [0, 0.1) is 12.7 Å². The predicted octanol–water partition coefficient (Wildman–Crippen LogP) is 1.36. The molecule has 0 atom stereocenters. The number of benzene rings is 1. The lowest BCUT2D eigenvalue weighted by Crippen LogP contribution is -2.16. The number of nitrogens with one attached hydrogen (secondary N) is 2. The number of aromatic carboxylic acids is 1.